The number of alkyl halides is 1. The number of anilines is 1. The molecule has 2 heterocycles. The quantitative estimate of drug-likeness (QED) is 0.842. The smallest absolute Gasteiger partial charge is 0.226 e. The zero-order valence-corrected chi connectivity index (χ0v) is 12.2. The molecule has 1 aliphatic rings. The van der Waals surface area contributed by atoms with Gasteiger partial charge in [0.25, 0.3) is 0 Å². The van der Waals surface area contributed by atoms with Gasteiger partial charge in [-0.1, -0.05) is 0 Å². The Morgan fingerprint density at radius 2 is 2.16 bits per heavy atom. The van der Waals surface area contributed by atoms with Gasteiger partial charge in [0.2, 0.25) is 11.8 Å². The van der Waals surface area contributed by atoms with Crippen molar-refractivity contribution in [2.45, 2.75) is 32.2 Å². The number of halogens is 1. The molecule has 1 N–H and O–H groups in total. The van der Waals surface area contributed by atoms with Gasteiger partial charge in [-0.3, -0.25) is 0 Å². The molecule has 1 aromatic heterocycles. The standard InChI is InChI=1S/C13H20ClN3O2/c1-3-19-11-8-10(2)15-12(16-11)17-13(9-14)4-6-18-7-5-13/h8H,3-7,9H2,1-2H3,(H,15,16,17). The van der Waals surface area contributed by atoms with Crippen LogP contribution in [0.25, 0.3) is 0 Å². The normalized spacial score (nSPS) is 18.1. The van der Waals surface area contributed by atoms with Crippen molar-refractivity contribution >= 4 is 17.5 Å². The van der Waals surface area contributed by atoms with Gasteiger partial charge in [0.1, 0.15) is 0 Å². The Balaban J connectivity index is 2.16. The predicted molar refractivity (Wildman–Crippen MR) is 75.1 cm³/mol. The fourth-order valence-electron chi connectivity index (χ4n) is 2.11. The summed E-state index contributed by atoms with van der Waals surface area (Å²) in [4.78, 5) is 8.77. The third kappa shape index (κ3) is 3.70. The number of rotatable bonds is 5. The highest BCUT2D eigenvalue weighted by atomic mass is 35.5. The molecule has 0 spiro atoms. The summed E-state index contributed by atoms with van der Waals surface area (Å²) in [6.07, 6.45) is 1.72. The Morgan fingerprint density at radius 1 is 1.42 bits per heavy atom. The van der Waals surface area contributed by atoms with Crippen LogP contribution in [-0.4, -0.2) is 41.2 Å². The molecule has 0 atom stereocenters. The molecule has 2 rings (SSSR count). The molecule has 19 heavy (non-hydrogen) atoms. The Morgan fingerprint density at radius 3 is 2.79 bits per heavy atom. The molecule has 0 unspecified atom stereocenters. The average Bonchev–Trinajstić information content (AvgIpc) is 2.39. The van der Waals surface area contributed by atoms with Gasteiger partial charge in [0.15, 0.2) is 0 Å². The Labute approximate surface area is 118 Å². The molecule has 1 aromatic rings. The van der Waals surface area contributed by atoms with Gasteiger partial charge in [0.05, 0.1) is 12.1 Å². The molecule has 0 aliphatic carbocycles. The number of hydrogen-bond acceptors (Lipinski definition) is 5. The molecule has 0 bridgehead atoms. The number of aromatic nitrogens is 2. The van der Waals surface area contributed by atoms with Gasteiger partial charge in [-0.25, -0.2) is 4.98 Å². The van der Waals surface area contributed by atoms with E-state index in [2.05, 4.69) is 15.3 Å². The summed E-state index contributed by atoms with van der Waals surface area (Å²) in [7, 11) is 0. The molecule has 0 aromatic carbocycles. The van der Waals surface area contributed by atoms with Crippen LogP contribution in [0.3, 0.4) is 0 Å². The summed E-state index contributed by atoms with van der Waals surface area (Å²) in [6, 6.07) is 1.83. The highest BCUT2D eigenvalue weighted by Crippen LogP contribution is 2.26. The van der Waals surface area contributed by atoms with Gasteiger partial charge in [-0.05, 0) is 26.7 Å². The monoisotopic (exact) mass is 285 g/mol. The fraction of sp³-hybridized carbons (Fsp3) is 0.692. The van der Waals surface area contributed by atoms with Crippen LogP contribution in [-0.2, 0) is 4.74 Å². The zero-order chi connectivity index (χ0) is 13.7. The second-order valence-corrected chi connectivity index (χ2v) is 5.02. The summed E-state index contributed by atoms with van der Waals surface area (Å²) < 4.78 is 10.8. The van der Waals surface area contributed by atoms with E-state index in [1.807, 2.05) is 19.9 Å². The SMILES string of the molecule is CCOc1cc(C)nc(NC2(CCl)CCOCC2)n1. The van der Waals surface area contributed by atoms with Crippen molar-refractivity contribution in [1.29, 1.82) is 0 Å². The van der Waals surface area contributed by atoms with Crippen molar-refractivity contribution in [2.24, 2.45) is 0 Å². The second-order valence-electron chi connectivity index (χ2n) is 4.76. The summed E-state index contributed by atoms with van der Waals surface area (Å²) >= 11 is 6.12. The lowest BCUT2D eigenvalue weighted by molar-refractivity contribution is 0.0665. The van der Waals surface area contributed by atoms with Crippen molar-refractivity contribution in [3.05, 3.63) is 11.8 Å². The first-order valence-corrected chi connectivity index (χ1v) is 7.11. The van der Waals surface area contributed by atoms with E-state index >= 15 is 0 Å². The minimum Gasteiger partial charge on any atom is -0.478 e. The van der Waals surface area contributed by atoms with Crippen molar-refractivity contribution < 1.29 is 9.47 Å². The number of aryl methyl sites for hydroxylation is 1. The molecule has 0 radical (unpaired) electrons. The summed E-state index contributed by atoms with van der Waals surface area (Å²) in [6.45, 7) is 5.87. The number of ether oxygens (including phenoxy) is 2. The molecule has 106 valence electrons. The summed E-state index contributed by atoms with van der Waals surface area (Å²) in [5.41, 5.74) is 0.689. The largest absolute Gasteiger partial charge is 0.478 e. The average molecular weight is 286 g/mol. The molecule has 1 saturated heterocycles. The van der Waals surface area contributed by atoms with E-state index in [4.69, 9.17) is 21.1 Å². The highest BCUT2D eigenvalue weighted by Gasteiger charge is 2.32. The van der Waals surface area contributed by atoms with Gasteiger partial charge < -0.3 is 14.8 Å². The van der Waals surface area contributed by atoms with Crippen molar-refractivity contribution in [1.82, 2.24) is 9.97 Å². The molecule has 1 fully saturated rings. The van der Waals surface area contributed by atoms with Crippen LogP contribution >= 0.6 is 11.6 Å². The van der Waals surface area contributed by atoms with Crippen LogP contribution in [0, 0.1) is 6.92 Å². The van der Waals surface area contributed by atoms with Crippen LogP contribution in [0.5, 0.6) is 5.88 Å². The molecule has 5 nitrogen and oxygen atoms in total. The number of nitrogens with zero attached hydrogens (tertiary/aromatic N) is 2. The summed E-state index contributed by atoms with van der Waals surface area (Å²) in [5.74, 6) is 1.68. The number of hydrogen-bond donors (Lipinski definition) is 1. The van der Waals surface area contributed by atoms with E-state index in [-0.39, 0.29) is 5.54 Å². The maximum absolute atomic E-state index is 6.12. The van der Waals surface area contributed by atoms with Gasteiger partial charge >= 0.3 is 0 Å². The van der Waals surface area contributed by atoms with Crippen LogP contribution in [0.15, 0.2) is 6.07 Å². The van der Waals surface area contributed by atoms with Crippen LogP contribution < -0.4 is 10.1 Å². The third-order valence-electron chi connectivity index (χ3n) is 3.21. The Hall–Kier alpha value is -1.07. The van der Waals surface area contributed by atoms with Gasteiger partial charge in [0, 0.05) is 30.9 Å². The first kappa shape index (κ1) is 14.3. The topological polar surface area (TPSA) is 56.3 Å². The minimum absolute atomic E-state index is 0.183. The van der Waals surface area contributed by atoms with E-state index in [1.54, 1.807) is 0 Å². The van der Waals surface area contributed by atoms with Gasteiger partial charge in [-0.15, -0.1) is 11.6 Å². The lowest BCUT2D eigenvalue weighted by Gasteiger charge is -2.36. The van der Waals surface area contributed by atoms with E-state index in [0.29, 0.717) is 37.5 Å². The molecule has 6 heteroatoms. The minimum atomic E-state index is -0.183. The Kier molecular flexibility index (Phi) is 4.82. The summed E-state index contributed by atoms with van der Waals surface area (Å²) in [5, 5.41) is 3.37. The second kappa shape index (κ2) is 6.39. The molecular weight excluding hydrogens is 266 g/mol. The van der Waals surface area contributed by atoms with Crippen LogP contribution in [0.1, 0.15) is 25.5 Å². The maximum atomic E-state index is 6.12. The van der Waals surface area contributed by atoms with Gasteiger partial charge in [-0.2, -0.15) is 4.98 Å². The van der Waals surface area contributed by atoms with E-state index < -0.39 is 0 Å². The Bertz CT molecular complexity index is 422. The third-order valence-corrected chi connectivity index (χ3v) is 3.72. The van der Waals surface area contributed by atoms with Crippen molar-refractivity contribution in [3.63, 3.8) is 0 Å². The van der Waals surface area contributed by atoms with E-state index in [0.717, 1.165) is 18.5 Å². The molecule has 0 saturated carbocycles. The van der Waals surface area contributed by atoms with E-state index in [1.165, 1.54) is 0 Å². The fourth-order valence-corrected chi connectivity index (χ4v) is 2.44. The first-order chi connectivity index (χ1) is 9.17. The van der Waals surface area contributed by atoms with Crippen molar-refractivity contribution in [3.8, 4) is 5.88 Å². The molecular formula is C13H20ClN3O2. The highest BCUT2D eigenvalue weighted by molar-refractivity contribution is 6.18. The van der Waals surface area contributed by atoms with Crippen LogP contribution in [0.2, 0.25) is 0 Å². The van der Waals surface area contributed by atoms with E-state index in [9.17, 15) is 0 Å². The van der Waals surface area contributed by atoms with Crippen LogP contribution in [0.4, 0.5) is 5.95 Å². The molecule has 1 aliphatic heterocycles. The number of nitrogens with one attached hydrogen (secondary N) is 1. The first-order valence-electron chi connectivity index (χ1n) is 6.58. The maximum Gasteiger partial charge on any atom is 0.226 e. The lowest BCUT2D eigenvalue weighted by Crippen LogP contribution is -2.45. The zero-order valence-electron chi connectivity index (χ0n) is 11.4. The predicted octanol–water partition coefficient (Wildman–Crippen LogP) is 2.38. The molecule has 0 amide bonds. The lowest BCUT2D eigenvalue weighted by atomic mass is 9.92. The van der Waals surface area contributed by atoms with Crippen molar-refractivity contribution in [2.75, 3.05) is 31.0 Å².